The summed E-state index contributed by atoms with van der Waals surface area (Å²) in [6.07, 6.45) is 0.725. The average molecular weight is 342 g/mol. The molecule has 0 saturated carbocycles. The summed E-state index contributed by atoms with van der Waals surface area (Å²) in [5.41, 5.74) is 7.13. The van der Waals surface area contributed by atoms with Crippen LogP contribution in [0.25, 0.3) is 0 Å². The van der Waals surface area contributed by atoms with Crippen LogP contribution in [0, 0.1) is 47.5 Å². The highest BCUT2D eigenvalue weighted by molar-refractivity contribution is 7.79. The number of benzene rings is 2. The van der Waals surface area contributed by atoms with Crippen molar-refractivity contribution >= 4 is 17.8 Å². The van der Waals surface area contributed by atoms with E-state index in [4.69, 9.17) is 0 Å². The first-order chi connectivity index (χ1) is 11.1. The van der Waals surface area contributed by atoms with Gasteiger partial charge in [0.05, 0.1) is 0 Å². The van der Waals surface area contributed by atoms with Crippen molar-refractivity contribution in [1.82, 2.24) is 0 Å². The molecule has 0 spiro atoms. The molecule has 24 heavy (non-hydrogen) atoms. The molecule has 0 heterocycles. The van der Waals surface area contributed by atoms with Crippen LogP contribution in [0.15, 0.2) is 24.3 Å². The number of hydrogen-bond acceptors (Lipinski definition) is 1. The Kier molecular flexibility index (Phi) is 5.45. The average Bonchev–Trinajstić information content (AvgIpc) is 2.33. The summed E-state index contributed by atoms with van der Waals surface area (Å²) < 4.78 is 14.5. The summed E-state index contributed by atoms with van der Waals surface area (Å²) in [5.74, 6) is 0.385. The lowest BCUT2D eigenvalue weighted by Crippen LogP contribution is -2.28. The fourth-order valence-electron chi connectivity index (χ4n) is 4.29. The van der Waals surface area contributed by atoms with Crippen molar-refractivity contribution < 1.29 is 4.57 Å². The van der Waals surface area contributed by atoms with Crippen LogP contribution in [-0.4, -0.2) is 6.16 Å². The summed E-state index contributed by atoms with van der Waals surface area (Å²) in [7, 11) is -2.67. The van der Waals surface area contributed by atoms with Gasteiger partial charge < -0.3 is 4.57 Å². The summed E-state index contributed by atoms with van der Waals surface area (Å²) in [5, 5.41) is 2.16. The minimum atomic E-state index is -2.67. The predicted molar refractivity (Wildman–Crippen MR) is 108 cm³/mol. The van der Waals surface area contributed by atoms with Crippen LogP contribution >= 0.6 is 7.14 Å². The Hall–Kier alpha value is -1.33. The Morgan fingerprint density at radius 1 is 0.708 bits per heavy atom. The van der Waals surface area contributed by atoms with Gasteiger partial charge in [0.25, 0.3) is 0 Å². The molecule has 0 amide bonds. The van der Waals surface area contributed by atoms with Crippen LogP contribution in [0.5, 0.6) is 0 Å². The zero-order valence-corrected chi connectivity index (χ0v) is 17.3. The van der Waals surface area contributed by atoms with Crippen molar-refractivity contribution in [3.8, 4) is 0 Å². The molecule has 1 nitrogen and oxygen atoms in total. The molecular weight excluding hydrogens is 311 g/mol. The van der Waals surface area contributed by atoms with Crippen molar-refractivity contribution in [2.45, 2.75) is 55.4 Å². The third-order valence-corrected chi connectivity index (χ3v) is 8.72. The minimum absolute atomic E-state index is 0.385. The van der Waals surface area contributed by atoms with Gasteiger partial charge in [0.2, 0.25) is 0 Å². The smallest absolute Gasteiger partial charge is 0.144 e. The number of rotatable bonds is 4. The Labute approximate surface area is 147 Å². The summed E-state index contributed by atoms with van der Waals surface area (Å²) in [6, 6.07) is 8.70. The minimum Gasteiger partial charge on any atom is -0.314 e. The van der Waals surface area contributed by atoms with Gasteiger partial charge in [-0.2, -0.15) is 0 Å². The first-order valence-electron chi connectivity index (χ1n) is 8.82. The van der Waals surface area contributed by atoms with E-state index in [1.165, 1.54) is 11.1 Å². The SMILES string of the molecule is Cc1cc(C)c(P(=O)(CC(C)C)c2c(C)cc(C)cc2C)c(C)c1. The molecule has 0 unspecified atom stereocenters. The second kappa shape index (κ2) is 6.89. The van der Waals surface area contributed by atoms with Crippen molar-refractivity contribution in [2.24, 2.45) is 5.92 Å². The van der Waals surface area contributed by atoms with E-state index in [1.807, 2.05) is 0 Å². The standard InChI is InChI=1S/C22H31OP/c1-14(2)13-24(23,21-17(5)9-15(3)10-18(21)6)22-19(7)11-16(4)12-20(22)8/h9-12,14H,13H2,1-8H3. The largest absolute Gasteiger partial charge is 0.314 e. The lowest BCUT2D eigenvalue weighted by molar-refractivity contribution is 0.578. The quantitative estimate of drug-likeness (QED) is 0.670. The maximum absolute atomic E-state index is 14.5. The van der Waals surface area contributed by atoms with Crippen LogP contribution in [0.2, 0.25) is 0 Å². The van der Waals surface area contributed by atoms with Crippen LogP contribution in [0.1, 0.15) is 47.2 Å². The fourth-order valence-corrected chi connectivity index (χ4v) is 8.45. The molecule has 2 aromatic carbocycles. The molecule has 0 N–H and O–H groups in total. The molecule has 0 aliphatic rings. The third kappa shape index (κ3) is 3.52. The molecule has 130 valence electrons. The van der Waals surface area contributed by atoms with Gasteiger partial charge in [-0.25, -0.2) is 0 Å². The van der Waals surface area contributed by atoms with Gasteiger partial charge in [-0.15, -0.1) is 0 Å². The molecule has 0 atom stereocenters. The van der Waals surface area contributed by atoms with E-state index in [0.29, 0.717) is 5.92 Å². The molecule has 0 aliphatic heterocycles. The second-order valence-corrected chi connectivity index (χ2v) is 10.5. The lowest BCUT2D eigenvalue weighted by atomic mass is 10.1. The first-order valence-corrected chi connectivity index (χ1v) is 10.7. The summed E-state index contributed by atoms with van der Waals surface area (Å²) in [6.45, 7) is 17.0. The molecular formula is C22H31OP. The summed E-state index contributed by atoms with van der Waals surface area (Å²) >= 11 is 0. The Bertz CT molecular complexity index is 707. The monoisotopic (exact) mass is 342 g/mol. The van der Waals surface area contributed by atoms with Crippen LogP contribution in [0.4, 0.5) is 0 Å². The maximum atomic E-state index is 14.5. The highest BCUT2D eigenvalue weighted by atomic mass is 31.2. The van der Waals surface area contributed by atoms with Gasteiger partial charge in [-0.05, 0) is 69.7 Å². The molecule has 0 fully saturated rings. The van der Waals surface area contributed by atoms with E-state index >= 15 is 0 Å². The molecule has 2 heteroatoms. The van der Waals surface area contributed by atoms with E-state index in [1.54, 1.807) is 0 Å². The lowest BCUT2D eigenvalue weighted by Gasteiger charge is -2.28. The number of aryl methyl sites for hydroxylation is 6. The van der Waals surface area contributed by atoms with Gasteiger partial charge in [0, 0.05) is 16.8 Å². The van der Waals surface area contributed by atoms with Crippen molar-refractivity contribution in [2.75, 3.05) is 6.16 Å². The van der Waals surface area contributed by atoms with E-state index in [2.05, 4.69) is 79.7 Å². The Morgan fingerprint density at radius 3 is 1.25 bits per heavy atom. The van der Waals surface area contributed by atoms with Crippen molar-refractivity contribution in [1.29, 1.82) is 0 Å². The van der Waals surface area contributed by atoms with E-state index < -0.39 is 7.14 Å². The Balaban J connectivity index is 2.86. The maximum Gasteiger partial charge on any atom is 0.144 e. The van der Waals surface area contributed by atoms with Crippen LogP contribution in [0.3, 0.4) is 0 Å². The van der Waals surface area contributed by atoms with E-state index in [0.717, 1.165) is 39.0 Å². The van der Waals surface area contributed by atoms with Gasteiger partial charge >= 0.3 is 0 Å². The van der Waals surface area contributed by atoms with E-state index in [9.17, 15) is 4.57 Å². The zero-order valence-electron chi connectivity index (χ0n) is 16.4. The fraction of sp³-hybridized carbons (Fsp3) is 0.455. The zero-order chi connectivity index (χ0) is 18.2. The molecule has 0 bridgehead atoms. The van der Waals surface area contributed by atoms with Crippen LogP contribution < -0.4 is 10.6 Å². The van der Waals surface area contributed by atoms with Gasteiger partial charge in [0.15, 0.2) is 0 Å². The topological polar surface area (TPSA) is 17.1 Å². The van der Waals surface area contributed by atoms with Gasteiger partial charge in [0.1, 0.15) is 7.14 Å². The summed E-state index contributed by atoms with van der Waals surface area (Å²) in [4.78, 5) is 0. The first kappa shape index (κ1) is 19.0. The number of hydrogen-bond donors (Lipinski definition) is 0. The molecule has 0 saturated heterocycles. The second-order valence-electron chi connectivity index (χ2n) is 7.81. The molecule has 0 radical (unpaired) electrons. The third-order valence-electron chi connectivity index (χ3n) is 4.62. The highest BCUT2D eigenvalue weighted by Gasteiger charge is 2.34. The molecule has 0 aromatic heterocycles. The normalized spacial score (nSPS) is 12.0. The Morgan fingerprint density at radius 2 is 1.00 bits per heavy atom. The van der Waals surface area contributed by atoms with Gasteiger partial charge in [-0.3, -0.25) is 0 Å². The van der Waals surface area contributed by atoms with Crippen molar-refractivity contribution in [3.63, 3.8) is 0 Å². The molecule has 2 rings (SSSR count). The van der Waals surface area contributed by atoms with Crippen LogP contribution in [-0.2, 0) is 4.57 Å². The molecule has 0 aliphatic carbocycles. The van der Waals surface area contributed by atoms with Gasteiger partial charge in [-0.1, -0.05) is 49.2 Å². The predicted octanol–water partition coefficient (Wildman–Crippen LogP) is 5.51. The van der Waals surface area contributed by atoms with E-state index in [-0.39, 0.29) is 0 Å². The van der Waals surface area contributed by atoms with Crippen molar-refractivity contribution in [3.05, 3.63) is 57.6 Å². The molecule has 2 aromatic rings. The highest BCUT2D eigenvalue weighted by Crippen LogP contribution is 2.49.